The van der Waals surface area contributed by atoms with Gasteiger partial charge in [0.05, 0.1) is 18.1 Å². The van der Waals surface area contributed by atoms with E-state index in [9.17, 15) is 13.2 Å². The van der Waals surface area contributed by atoms with Crippen LogP contribution in [0.25, 0.3) is 0 Å². The van der Waals surface area contributed by atoms with E-state index in [0.29, 0.717) is 37.9 Å². The second kappa shape index (κ2) is 9.18. The lowest BCUT2D eigenvalue weighted by Crippen LogP contribution is -2.58. The second-order valence-corrected chi connectivity index (χ2v) is 10.3. The molecule has 2 amide bonds. The fraction of sp³-hybridized carbons (Fsp3) is 0.632. The van der Waals surface area contributed by atoms with Crippen molar-refractivity contribution in [3.63, 3.8) is 0 Å². The van der Waals surface area contributed by atoms with Crippen LogP contribution in [0.3, 0.4) is 0 Å². The van der Waals surface area contributed by atoms with Crippen molar-refractivity contribution in [2.24, 2.45) is 0 Å². The largest absolute Gasteiger partial charge is 0.379 e. The Labute approximate surface area is 177 Å². The molecule has 2 fully saturated rings. The fourth-order valence-corrected chi connectivity index (χ4v) is 5.12. The Hall–Kier alpha value is -1.39. The fourth-order valence-electron chi connectivity index (χ4n) is 3.57. The van der Waals surface area contributed by atoms with Crippen LogP contribution in [0.2, 0.25) is 5.02 Å². The summed E-state index contributed by atoms with van der Waals surface area (Å²) in [7, 11) is -3.58. The van der Waals surface area contributed by atoms with E-state index in [2.05, 4.69) is 24.1 Å². The Morgan fingerprint density at radius 1 is 1.07 bits per heavy atom. The van der Waals surface area contributed by atoms with Gasteiger partial charge in [-0.3, -0.25) is 4.90 Å². The van der Waals surface area contributed by atoms with Crippen LogP contribution in [-0.2, 0) is 14.8 Å². The highest BCUT2D eigenvalue weighted by atomic mass is 35.5. The summed E-state index contributed by atoms with van der Waals surface area (Å²) in [5, 5.41) is 3.49. The number of sulfonamides is 1. The zero-order chi connectivity index (χ0) is 21.1. The number of benzene rings is 1. The summed E-state index contributed by atoms with van der Waals surface area (Å²) in [6, 6.07) is 5.98. The van der Waals surface area contributed by atoms with Crippen molar-refractivity contribution in [1.29, 1.82) is 0 Å². The first-order chi connectivity index (χ1) is 13.7. The van der Waals surface area contributed by atoms with Crippen molar-refractivity contribution < 1.29 is 17.9 Å². The maximum Gasteiger partial charge on any atom is 0.317 e. The minimum Gasteiger partial charge on any atom is -0.379 e. The number of morpholine rings is 1. The zero-order valence-electron chi connectivity index (χ0n) is 16.9. The van der Waals surface area contributed by atoms with Gasteiger partial charge in [0, 0.05) is 56.4 Å². The van der Waals surface area contributed by atoms with Gasteiger partial charge in [0.25, 0.3) is 0 Å². The van der Waals surface area contributed by atoms with Crippen molar-refractivity contribution in [2.75, 3.05) is 59.0 Å². The first kappa shape index (κ1) is 22.3. The van der Waals surface area contributed by atoms with E-state index in [0.717, 1.165) is 13.1 Å². The molecule has 2 aliphatic rings. The minimum atomic E-state index is -3.58. The normalized spacial score (nSPS) is 19.9. The molecule has 0 saturated carbocycles. The third kappa shape index (κ3) is 5.40. The van der Waals surface area contributed by atoms with Gasteiger partial charge in [-0.15, -0.1) is 0 Å². The molecule has 10 heteroatoms. The number of carbonyl (C=O) groups is 1. The molecule has 0 aromatic heterocycles. The van der Waals surface area contributed by atoms with Crippen LogP contribution in [0.4, 0.5) is 4.79 Å². The number of piperazine rings is 1. The van der Waals surface area contributed by atoms with Gasteiger partial charge in [-0.2, -0.15) is 4.31 Å². The van der Waals surface area contributed by atoms with Crippen LogP contribution in [0.1, 0.15) is 13.8 Å². The SMILES string of the molecule is CC(C)(CNC(=O)N1CCN(S(=O)(=O)c2ccc(Cl)cc2)CC1)N1CCOCC1. The molecule has 0 aliphatic carbocycles. The van der Waals surface area contributed by atoms with Gasteiger partial charge in [0.15, 0.2) is 0 Å². The highest BCUT2D eigenvalue weighted by Gasteiger charge is 2.32. The Morgan fingerprint density at radius 2 is 1.66 bits per heavy atom. The summed E-state index contributed by atoms with van der Waals surface area (Å²) in [4.78, 5) is 16.8. The molecule has 2 aliphatic heterocycles. The lowest BCUT2D eigenvalue weighted by molar-refractivity contribution is -0.00911. The van der Waals surface area contributed by atoms with Crippen molar-refractivity contribution in [3.8, 4) is 0 Å². The van der Waals surface area contributed by atoms with Crippen molar-refractivity contribution in [1.82, 2.24) is 19.4 Å². The van der Waals surface area contributed by atoms with E-state index in [4.69, 9.17) is 16.3 Å². The number of nitrogens with zero attached hydrogens (tertiary/aromatic N) is 3. The highest BCUT2D eigenvalue weighted by Crippen LogP contribution is 2.20. The van der Waals surface area contributed by atoms with E-state index in [1.54, 1.807) is 17.0 Å². The first-order valence-corrected chi connectivity index (χ1v) is 11.6. The summed E-state index contributed by atoms with van der Waals surface area (Å²) in [6.45, 7) is 9.11. The van der Waals surface area contributed by atoms with Crippen molar-refractivity contribution in [3.05, 3.63) is 29.3 Å². The summed E-state index contributed by atoms with van der Waals surface area (Å²) in [5.74, 6) is 0. The van der Waals surface area contributed by atoms with Crippen molar-refractivity contribution in [2.45, 2.75) is 24.3 Å². The molecule has 0 bridgehead atoms. The second-order valence-electron chi connectivity index (χ2n) is 7.92. The van der Waals surface area contributed by atoms with Crippen LogP contribution in [0.15, 0.2) is 29.2 Å². The number of rotatable bonds is 5. The topological polar surface area (TPSA) is 82.2 Å². The standard InChI is InChI=1S/C19H29ClN4O4S/c1-19(2,23-11-13-28-14-12-23)15-21-18(25)22-7-9-24(10-8-22)29(26,27)17-5-3-16(20)4-6-17/h3-6H,7-15H2,1-2H3,(H,21,25). The molecule has 2 heterocycles. The van der Waals surface area contributed by atoms with Gasteiger partial charge >= 0.3 is 6.03 Å². The lowest BCUT2D eigenvalue weighted by atomic mass is 10.0. The monoisotopic (exact) mass is 444 g/mol. The van der Waals surface area contributed by atoms with Crippen LogP contribution >= 0.6 is 11.6 Å². The molecular formula is C19H29ClN4O4S. The number of ether oxygens (including phenoxy) is 1. The number of urea groups is 1. The summed E-state index contributed by atoms with van der Waals surface area (Å²) < 4.78 is 32.3. The van der Waals surface area contributed by atoms with E-state index < -0.39 is 10.0 Å². The molecule has 1 N–H and O–H groups in total. The highest BCUT2D eigenvalue weighted by molar-refractivity contribution is 7.89. The average molecular weight is 445 g/mol. The maximum atomic E-state index is 12.8. The third-order valence-electron chi connectivity index (χ3n) is 5.52. The lowest BCUT2D eigenvalue weighted by Gasteiger charge is -2.41. The Balaban J connectivity index is 1.51. The van der Waals surface area contributed by atoms with Gasteiger partial charge in [-0.1, -0.05) is 11.6 Å². The molecule has 8 nitrogen and oxygen atoms in total. The summed E-state index contributed by atoms with van der Waals surface area (Å²) >= 11 is 5.84. The van der Waals surface area contributed by atoms with Crippen LogP contribution in [0.5, 0.6) is 0 Å². The Bertz CT molecular complexity index is 802. The van der Waals surface area contributed by atoms with E-state index in [1.807, 2.05) is 0 Å². The number of amides is 2. The molecular weight excluding hydrogens is 416 g/mol. The molecule has 0 radical (unpaired) electrons. The van der Waals surface area contributed by atoms with E-state index in [-0.39, 0.29) is 29.6 Å². The first-order valence-electron chi connectivity index (χ1n) is 9.81. The number of hydrogen-bond donors (Lipinski definition) is 1. The Morgan fingerprint density at radius 3 is 2.24 bits per heavy atom. The quantitative estimate of drug-likeness (QED) is 0.743. The van der Waals surface area contributed by atoms with E-state index in [1.165, 1.54) is 16.4 Å². The number of carbonyl (C=O) groups excluding carboxylic acids is 1. The van der Waals surface area contributed by atoms with Crippen LogP contribution in [-0.4, -0.2) is 93.1 Å². The number of nitrogens with one attached hydrogen (secondary N) is 1. The van der Waals surface area contributed by atoms with Gasteiger partial charge in [0.1, 0.15) is 0 Å². The molecule has 0 spiro atoms. The third-order valence-corrected chi connectivity index (χ3v) is 7.68. The zero-order valence-corrected chi connectivity index (χ0v) is 18.5. The average Bonchev–Trinajstić information content (AvgIpc) is 2.73. The summed E-state index contributed by atoms with van der Waals surface area (Å²) in [5.41, 5.74) is -0.167. The van der Waals surface area contributed by atoms with Gasteiger partial charge in [-0.05, 0) is 38.1 Å². The van der Waals surface area contributed by atoms with Gasteiger partial charge < -0.3 is 15.0 Å². The van der Waals surface area contributed by atoms with Crippen LogP contribution in [0, 0.1) is 0 Å². The molecule has 0 unspecified atom stereocenters. The molecule has 2 saturated heterocycles. The van der Waals surface area contributed by atoms with E-state index >= 15 is 0 Å². The smallest absolute Gasteiger partial charge is 0.317 e. The molecule has 162 valence electrons. The number of halogens is 1. The predicted molar refractivity (Wildman–Crippen MR) is 112 cm³/mol. The van der Waals surface area contributed by atoms with Crippen molar-refractivity contribution >= 4 is 27.7 Å². The van der Waals surface area contributed by atoms with Crippen LogP contribution < -0.4 is 5.32 Å². The van der Waals surface area contributed by atoms with Gasteiger partial charge in [-0.25, -0.2) is 13.2 Å². The molecule has 0 atom stereocenters. The molecule has 29 heavy (non-hydrogen) atoms. The molecule has 1 aromatic carbocycles. The van der Waals surface area contributed by atoms with Gasteiger partial charge in [0.2, 0.25) is 10.0 Å². The predicted octanol–water partition coefficient (Wildman–Crippen LogP) is 1.47. The number of hydrogen-bond acceptors (Lipinski definition) is 5. The minimum absolute atomic E-state index is 0.158. The maximum absolute atomic E-state index is 12.8. The summed E-state index contributed by atoms with van der Waals surface area (Å²) in [6.07, 6.45) is 0. The molecule has 1 aromatic rings. The Kier molecular flexibility index (Phi) is 7.06. The molecule has 3 rings (SSSR count).